The molecular weight excluding hydrogens is 262 g/mol. The van der Waals surface area contributed by atoms with Crippen LogP contribution in [0.4, 0.5) is 0 Å². The molecule has 3 rings (SSSR count). The molecule has 2 heterocycles. The topological polar surface area (TPSA) is 61.7 Å². The average Bonchev–Trinajstić information content (AvgIpc) is 3.04. The molecule has 0 saturated carbocycles. The van der Waals surface area contributed by atoms with Gasteiger partial charge in [-0.05, 0) is 17.5 Å². The van der Waals surface area contributed by atoms with Gasteiger partial charge >= 0.3 is 0 Å². The van der Waals surface area contributed by atoms with E-state index in [1.54, 1.807) is 6.33 Å². The maximum absolute atomic E-state index is 5.85. The summed E-state index contributed by atoms with van der Waals surface area (Å²) in [5, 5.41) is 5.54. The first-order valence-corrected chi connectivity index (χ1v) is 7.32. The molecular formula is C16H21N5. The summed E-state index contributed by atoms with van der Waals surface area (Å²) in [4.78, 5) is 4.41. The van der Waals surface area contributed by atoms with Gasteiger partial charge in [-0.3, -0.25) is 0 Å². The molecule has 0 aliphatic rings. The number of hydrogen-bond donors (Lipinski definition) is 1. The van der Waals surface area contributed by atoms with Crippen LogP contribution in [0.3, 0.4) is 0 Å². The molecule has 3 aromatic rings. The van der Waals surface area contributed by atoms with Crippen LogP contribution in [0.5, 0.6) is 0 Å². The normalized spacial score (nSPS) is 11.6. The molecule has 21 heavy (non-hydrogen) atoms. The SMILES string of the molecule is CC(C)Cn1ncnc1Cn1cc(CN)c2ccccc21. The van der Waals surface area contributed by atoms with Crippen molar-refractivity contribution in [2.24, 2.45) is 11.7 Å². The molecule has 0 fully saturated rings. The van der Waals surface area contributed by atoms with Gasteiger partial charge < -0.3 is 10.3 Å². The van der Waals surface area contributed by atoms with Crippen molar-refractivity contribution in [2.45, 2.75) is 33.5 Å². The number of rotatable bonds is 5. The first-order chi connectivity index (χ1) is 10.2. The monoisotopic (exact) mass is 283 g/mol. The second kappa shape index (κ2) is 5.69. The molecule has 5 heteroatoms. The fourth-order valence-electron chi connectivity index (χ4n) is 2.68. The lowest BCUT2D eigenvalue weighted by molar-refractivity contribution is 0.462. The third-order valence-corrected chi connectivity index (χ3v) is 3.64. The summed E-state index contributed by atoms with van der Waals surface area (Å²) in [6.45, 7) is 6.52. The van der Waals surface area contributed by atoms with E-state index < -0.39 is 0 Å². The second-order valence-corrected chi connectivity index (χ2v) is 5.76. The van der Waals surface area contributed by atoms with Gasteiger partial charge in [0.05, 0.1) is 6.54 Å². The van der Waals surface area contributed by atoms with Crippen molar-refractivity contribution in [1.29, 1.82) is 0 Å². The predicted molar refractivity (Wildman–Crippen MR) is 83.8 cm³/mol. The van der Waals surface area contributed by atoms with Crippen molar-refractivity contribution >= 4 is 10.9 Å². The van der Waals surface area contributed by atoms with Gasteiger partial charge in [-0.15, -0.1) is 0 Å². The standard InChI is InChI=1S/C16H21N5/c1-12(2)8-21-16(18-11-19-21)10-20-9-13(7-17)14-5-3-4-6-15(14)20/h3-6,9,11-12H,7-8,10,17H2,1-2H3. The fraction of sp³-hybridized carbons (Fsp3) is 0.375. The summed E-state index contributed by atoms with van der Waals surface area (Å²) in [6, 6.07) is 8.34. The maximum atomic E-state index is 5.85. The van der Waals surface area contributed by atoms with E-state index in [1.165, 1.54) is 16.5 Å². The molecule has 1 aromatic carbocycles. The number of fused-ring (bicyclic) bond motifs is 1. The van der Waals surface area contributed by atoms with Crippen LogP contribution in [-0.4, -0.2) is 19.3 Å². The van der Waals surface area contributed by atoms with Gasteiger partial charge in [0, 0.05) is 30.2 Å². The zero-order valence-electron chi connectivity index (χ0n) is 12.5. The number of hydrogen-bond acceptors (Lipinski definition) is 3. The van der Waals surface area contributed by atoms with E-state index in [-0.39, 0.29) is 0 Å². The minimum Gasteiger partial charge on any atom is -0.340 e. The van der Waals surface area contributed by atoms with E-state index in [0.29, 0.717) is 19.0 Å². The third kappa shape index (κ3) is 2.69. The van der Waals surface area contributed by atoms with Crippen LogP contribution < -0.4 is 5.73 Å². The zero-order chi connectivity index (χ0) is 14.8. The van der Waals surface area contributed by atoms with Crippen LogP contribution in [0.25, 0.3) is 10.9 Å². The third-order valence-electron chi connectivity index (χ3n) is 3.64. The predicted octanol–water partition coefficient (Wildman–Crippen LogP) is 2.40. The smallest absolute Gasteiger partial charge is 0.146 e. The van der Waals surface area contributed by atoms with Crippen LogP contribution in [0.15, 0.2) is 36.8 Å². The van der Waals surface area contributed by atoms with Gasteiger partial charge in [0.1, 0.15) is 12.2 Å². The summed E-state index contributed by atoms with van der Waals surface area (Å²) in [5.74, 6) is 1.53. The highest BCUT2D eigenvalue weighted by Crippen LogP contribution is 2.21. The minimum atomic E-state index is 0.548. The summed E-state index contributed by atoms with van der Waals surface area (Å²) in [5.41, 5.74) is 8.21. The van der Waals surface area contributed by atoms with Gasteiger partial charge in [0.2, 0.25) is 0 Å². The summed E-state index contributed by atoms with van der Waals surface area (Å²) < 4.78 is 4.19. The van der Waals surface area contributed by atoms with Crippen molar-refractivity contribution in [3.63, 3.8) is 0 Å². The van der Waals surface area contributed by atoms with Gasteiger partial charge in [-0.1, -0.05) is 32.0 Å². The number of nitrogens with two attached hydrogens (primary N) is 1. The van der Waals surface area contributed by atoms with Gasteiger partial charge in [-0.25, -0.2) is 9.67 Å². The molecule has 0 radical (unpaired) electrons. The van der Waals surface area contributed by atoms with Crippen molar-refractivity contribution in [3.05, 3.63) is 48.2 Å². The Morgan fingerprint density at radius 1 is 1.24 bits per heavy atom. The second-order valence-electron chi connectivity index (χ2n) is 5.76. The van der Waals surface area contributed by atoms with Crippen LogP contribution in [0.2, 0.25) is 0 Å². The maximum Gasteiger partial charge on any atom is 0.146 e. The lowest BCUT2D eigenvalue weighted by Crippen LogP contribution is -2.13. The van der Waals surface area contributed by atoms with Crippen molar-refractivity contribution in [1.82, 2.24) is 19.3 Å². The van der Waals surface area contributed by atoms with E-state index in [4.69, 9.17) is 5.73 Å². The molecule has 5 nitrogen and oxygen atoms in total. The lowest BCUT2D eigenvalue weighted by atomic mass is 10.2. The number of aromatic nitrogens is 4. The summed E-state index contributed by atoms with van der Waals surface area (Å²) >= 11 is 0. The van der Waals surface area contributed by atoms with E-state index >= 15 is 0 Å². The largest absolute Gasteiger partial charge is 0.340 e. The van der Waals surface area contributed by atoms with E-state index in [9.17, 15) is 0 Å². The number of para-hydroxylation sites is 1. The van der Waals surface area contributed by atoms with Crippen molar-refractivity contribution in [3.8, 4) is 0 Å². The van der Waals surface area contributed by atoms with Crippen molar-refractivity contribution in [2.75, 3.05) is 0 Å². The highest BCUT2D eigenvalue weighted by atomic mass is 15.3. The Morgan fingerprint density at radius 2 is 2.05 bits per heavy atom. The highest BCUT2D eigenvalue weighted by molar-refractivity contribution is 5.84. The van der Waals surface area contributed by atoms with Crippen LogP contribution in [-0.2, 0) is 19.6 Å². The Hall–Kier alpha value is -2.14. The molecule has 0 atom stereocenters. The molecule has 0 aliphatic carbocycles. The molecule has 0 bridgehead atoms. The zero-order valence-corrected chi connectivity index (χ0v) is 12.5. The Kier molecular flexibility index (Phi) is 3.75. The molecule has 0 unspecified atom stereocenters. The van der Waals surface area contributed by atoms with Crippen LogP contribution in [0.1, 0.15) is 25.2 Å². The lowest BCUT2D eigenvalue weighted by Gasteiger charge is -2.09. The van der Waals surface area contributed by atoms with Crippen molar-refractivity contribution < 1.29 is 0 Å². The molecule has 0 aliphatic heterocycles. The Morgan fingerprint density at radius 3 is 2.81 bits per heavy atom. The first kappa shape index (κ1) is 13.8. The van der Waals surface area contributed by atoms with E-state index in [1.807, 2.05) is 10.7 Å². The highest BCUT2D eigenvalue weighted by Gasteiger charge is 2.11. The molecule has 110 valence electrons. The first-order valence-electron chi connectivity index (χ1n) is 7.32. The minimum absolute atomic E-state index is 0.548. The van der Waals surface area contributed by atoms with Gasteiger partial charge in [-0.2, -0.15) is 5.10 Å². The molecule has 0 saturated heterocycles. The van der Waals surface area contributed by atoms with E-state index in [0.717, 1.165) is 12.4 Å². The average molecular weight is 283 g/mol. The summed E-state index contributed by atoms with van der Waals surface area (Å²) in [7, 11) is 0. The van der Waals surface area contributed by atoms with Gasteiger partial charge in [0.15, 0.2) is 0 Å². The van der Waals surface area contributed by atoms with E-state index in [2.05, 4.69) is 52.9 Å². The molecule has 2 aromatic heterocycles. The Balaban J connectivity index is 1.97. The van der Waals surface area contributed by atoms with Crippen LogP contribution in [0, 0.1) is 5.92 Å². The molecule has 0 spiro atoms. The Labute approximate surface area is 124 Å². The van der Waals surface area contributed by atoms with Gasteiger partial charge in [0.25, 0.3) is 0 Å². The molecule has 0 amide bonds. The quantitative estimate of drug-likeness (QED) is 0.782. The Bertz CT molecular complexity index is 738. The number of benzene rings is 1. The summed E-state index contributed by atoms with van der Waals surface area (Å²) in [6.07, 6.45) is 3.76. The molecule has 2 N–H and O–H groups in total. The fourth-order valence-corrected chi connectivity index (χ4v) is 2.68. The van der Waals surface area contributed by atoms with Crippen LogP contribution >= 0.6 is 0 Å². The number of nitrogens with zero attached hydrogens (tertiary/aromatic N) is 4.